The van der Waals surface area contributed by atoms with E-state index in [0.717, 1.165) is 6.26 Å². The second-order valence-corrected chi connectivity index (χ2v) is 7.52. The first-order chi connectivity index (χ1) is 11.8. The lowest BCUT2D eigenvalue weighted by molar-refractivity contribution is -0.114. The summed E-state index contributed by atoms with van der Waals surface area (Å²) in [6, 6.07) is 11.3. The molecule has 3 rings (SSSR count). The summed E-state index contributed by atoms with van der Waals surface area (Å²) in [5, 5.41) is 0. The summed E-state index contributed by atoms with van der Waals surface area (Å²) < 4.78 is 40.1. The van der Waals surface area contributed by atoms with Gasteiger partial charge in [-0.3, -0.25) is 9.52 Å². The molecule has 0 aliphatic carbocycles. The molecule has 0 spiro atoms. The highest BCUT2D eigenvalue weighted by Crippen LogP contribution is 2.32. The normalized spacial score (nSPS) is 14.6. The van der Waals surface area contributed by atoms with Crippen molar-refractivity contribution in [1.82, 2.24) is 0 Å². The quantitative estimate of drug-likeness (QED) is 0.911. The van der Waals surface area contributed by atoms with Crippen molar-refractivity contribution in [2.24, 2.45) is 0 Å². The largest absolute Gasteiger partial charge is 0.306 e. The van der Waals surface area contributed by atoms with Crippen LogP contribution in [0.4, 0.5) is 15.8 Å². The molecule has 1 N–H and O–H groups in total. The fourth-order valence-corrected chi connectivity index (χ4v) is 3.32. The van der Waals surface area contributed by atoms with Crippen LogP contribution in [0.5, 0.6) is 0 Å². The van der Waals surface area contributed by atoms with Crippen molar-refractivity contribution in [1.29, 1.82) is 0 Å². The van der Waals surface area contributed by atoms with Crippen LogP contribution >= 0.6 is 0 Å². The van der Waals surface area contributed by atoms with Crippen molar-refractivity contribution in [2.45, 2.75) is 6.42 Å². The van der Waals surface area contributed by atoms with Gasteiger partial charge in [0.2, 0.25) is 10.0 Å². The maximum absolute atomic E-state index is 14.6. The number of halogens is 1. The predicted octanol–water partition coefficient (Wildman–Crippen LogP) is 3.16. The molecule has 1 amide bonds. The van der Waals surface area contributed by atoms with Gasteiger partial charge in [0, 0.05) is 12.1 Å². The maximum atomic E-state index is 14.6. The first-order valence-electron chi connectivity index (χ1n) is 7.70. The molecule has 0 saturated heterocycles. The number of carbonyl (C=O) groups is 1. The van der Waals surface area contributed by atoms with Crippen molar-refractivity contribution >= 4 is 27.3 Å². The van der Waals surface area contributed by atoms with Crippen LogP contribution in [-0.2, 0) is 14.8 Å². The highest BCUT2D eigenvalue weighted by molar-refractivity contribution is 7.92. The summed E-state index contributed by atoms with van der Waals surface area (Å²) in [5.41, 5.74) is 1.66. The third-order valence-electron chi connectivity index (χ3n) is 3.82. The molecule has 1 aliphatic heterocycles. The van der Waals surface area contributed by atoms with E-state index in [9.17, 15) is 17.6 Å². The van der Waals surface area contributed by atoms with Crippen molar-refractivity contribution in [3.63, 3.8) is 0 Å². The van der Waals surface area contributed by atoms with Gasteiger partial charge in [0.25, 0.3) is 5.91 Å². The molecule has 0 fully saturated rings. The molecule has 130 valence electrons. The van der Waals surface area contributed by atoms with Crippen LogP contribution < -0.4 is 9.62 Å². The van der Waals surface area contributed by atoms with Crippen LogP contribution in [0, 0.1) is 5.82 Å². The molecule has 0 unspecified atom stereocenters. The van der Waals surface area contributed by atoms with Crippen LogP contribution in [0.3, 0.4) is 0 Å². The van der Waals surface area contributed by atoms with Gasteiger partial charge in [0.05, 0.1) is 17.6 Å². The average molecular weight is 360 g/mol. The number of rotatable bonds is 4. The maximum Gasteiger partial charge on any atom is 0.250 e. The molecule has 2 aromatic carbocycles. The Morgan fingerprint density at radius 3 is 2.60 bits per heavy atom. The molecule has 5 nitrogen and oxygen atoms in total. The number of nitrogens with zero attached hydrogens (tertiary/aromatic N) is 1. The van der Waals surface area contributed by atoms with Gasteiger partial charge in [-0.15, -0.1) is 0 Å². The highest BCUT2D eigenvalue weighted by Gasteiger charge is 2.20. The predicted molar refractivity (Wildman–Crippen MR) is 96.4 cm³/mol. The Labute approximate surface area is 145 Å². The zero-order valence-corrected chi connectivity index (χ0v) is 14.4. The minimum absolute atomic E-state index is 0.214. The van der Waals surface area contributed by atoms with Gasteiger partial charge in [-0.2, -0.15) is 0 Å². The van der Waals surface area contributed by atoms with Gasteiger partial charge >= 0.3 is 0 Å². The number of hydrogen-bond acceptors (Lipinski definition) is 3. The summed E-state index contributed by atoms with van der Waals surface area (Å²) in [7, 11) is -3.45. The molecule has 1 heterocycles. The zero-order valence-electron chi connectivity index (χ0n) is 13.6. The van der Waals surface area contributed by atoms with Crippen LogP contribution in [0.25, 0.3) is 11.1 Å². The molecule has 1 aliphatic rings. The fraction of sp³-hybridized carbons (Fsp3) is 0.167. The Hall–Kier alpha value is -2.67. The fourth-order valence-electron chi connectivity index (χ4n) is 2.74. The lowest BCUT2D eigenvalue weighted by atomic mass is 10.0. The van der Waals surface area contributed by atoms with E-state index in [1.54, 1.807) is 42.5 Å². The van der Waals surface area contributed by atoms with Gasteiger partial charge in [-0.05, 0) is 36.3 Å². The highest BCUT2D eigenvalue weighted by atomic mass is 32.2. The van der Waals surface area contributed by atoms with E-state index in [0.29, 0.717) is 29.8 Å². The van der Waals surface area contributed by atoms with E-state index >= 15 is 0 Å². The monoisotopic (exact) mass is 360 g/mol. The van der Waals surface area contributed by atoms with Crippen molar-refractivity contribution < 1.29 is 17.6 Å². The van der Waals surface area contributed by atoms with E-state index in [4.69, 9.17) is 0 Å². The van der Waals surface area contributed by atoms with E-state index in [2.05, 4.69) is 4.72 Å². The lowest BCUT2D eigenvalue weighted by Crippen LogP contribution is -2.33. The first kappa shape index (κ1) is 17.2. The number of amides is 1. The van der Waals surface area contributed by atoms with Crippen molar-refractivity contribution in [3.05, 3.63) is 60.4 Å². The van der Waals surface area contributed by atoms with Gasteiger partial charge < -0.3 is 4.90 Å². The molecule has 0 radical (unpaired) electrons. The second kappa shape index (κ2) is 6.68. The summed E-state index contributed by atoms with van der Waals surface area (Å²) in [6.45, 7) is 0.428. The van der Waals surface area contributed by atoms with E-state index in [1.807, 2.05) is 0 Å². The van der Waals surface area contributed by atoms with E-state index in [1.165, 1.54) is 17.0 Å². The summed E-state index contributed by atoms with van der Waals surface area (Å²) in [5.74, 6) is -0.785. The number of para-hydroxylation sites is 1. The van der Waals surface area contributed by atoms with E-state index in [-0.39, 0.29) is 11.6 Å². The SMILES string of the molecule is CS(=O)(=O)Nc1ccccc1-c1ccc(N2CCC=CC2=O)c(F)c1. The number of anilines is 2. The molecular formula is C18H17FN2O3S. The minimum Gasteiger partial charge on any atom is -0.306 e. The van der Waals surface area contributed by atoms with Gasteiger partial charge in [0.1, 0.15) is 5.82 Å². The molecule has 0 saturated carbocycles. The molecule has 0 aromatic heterocycles. The molecule has 0 atom stereocenters. The minimum atomic E-state index is -3.45. The molecule has 25 heavy (non-hydrogen) atoms. The lowest BCUT2D eigenvalue weighted by Gasteiger charge is -2.24. The summed E-state index contributed by atoms with van der Waals surface area (Å²) in [4.78, 5) is 13.3. The zero-order chi connectivity index (χ0) is 18.0. The smallest absolute Gasteiger partial charge is 0.250 e. The summed E-state index contributed by atoms with van der Waals surface area (Å²) >= 11 is 0. The third kappa shape index (κ3) is 3.88. The van der Waals surface area contributed by atoms with Crippen molar-refractivity contribution in [2.75, 3.05) is 22.4 Å². The van der Waals surface area contributed by atoms with Gasteiger partial charge in [-0.1, -0.05) is 30.3 Å². The summed E-state index contributed by atoms with van der Waals surface area (Å²) in [6.07, 6.45) is 4.93. The van der Waals surface area contributed by atoms with E-state index < -0.39 is 15.8 Å². The Bertz CT molecular complexity index is 955. The van der Waals surface area contributed by atoms with Crippen molar-refractivity contribution in [3.8, 4) is 11.1 Å². The Morgan fingerprint density at radius 1 is 1.16 bits per heavy atom. The third-order valence-corrected chi connectivity index (χ3v) is 4.41. The van der Waals surface area contributed by atoms with Gasteiger partial charge in [0.15, 0.2) is 0 Å². The number of sulfonamides is 1. The standard InChI is InChI=1S/C18H17FN2O3S/c1-25(23,24)20-16-7-3-2-6-14(16)13-9-10-17(15(19)12-13)21-11-5-4-8-18(21)22/h2-4,6-10,12,20H,5,11H2,1H3. The van der Waals surface area contributed by atoms with Gasteiger partial charge in [-0.25, -0.2) is 12.8 Å². The topological polar surface area (TPSA) is 66.5 Å². The van der Waals surface area contributed by atoms with Crippen LogP contribution in [0.1, 0.15) is 6.42 Å². The Balaban J connectivity index is 1.99. The number of hydrogen-bond donors (Lipinski definition) is 1. The Morgan fingerprint density at radius 2 is 1.92 bits per heavy atom. The second-order valence-electron chi connectivity index (χ2n) is 5.77. The first-order valence-corrected chi connectivity index (χ1v) is 9.59. The molecule has 7 heteroatoms. The van der Waals surface area contributed by atoms with Crippen LogP contribution in [0.15, 0.2) is 54.6 Å². The Kier molecular flexibility index (Phi) is 4.59. The number of carbonyl (C=O) groups excluding carboxylic acids is 1. The van der Waals surface area contributed by atoms with Crippen LogP contribution in [-0.4, -0.2) is 27.1 Å². The van der Waals surface area contributed by atoms with Crippen LogP contribution in [0.2, 0.25) is 0 Å². The molecule has 2 aromatic rings. The molecule has 0 bridgehead atoms. The number of nitrogens with one attached hydrogen (secondary N) is 1. The molecular weight excluding hydrogens is 343 g/mol. The number of benzene rings is 2. The average Bonchev–Trinajstić information content (AvgIpc) is 2.55.